The Balaban J connectivity index is 0.00000137. The molecule has 0 bridgehead atoms. The molecular formula is C27H40N2O6. The minimum atomic E-state index is -0.883. The van der Waals surface area contributed by atoms with Crippen LogP contribution in [0.4, 0.5) is 5.69 Å². The normalized spacial score (nSPS) is 19.8. The summed E-state index contributed by atoms with van der Waals surface area (Å²) in [5.41, 5.74) is 0.448. The third kappa shape index (κ3) is 6.92. The Morgan fingerprint density at radius 3 is 2.46 bits per heavy atom. The first-order valence-corrected chi connectivity index (χ1v) is 12.7. The molecule has 8 nitrogen and oxygen atoms in total. The van der Waals surface area contributed by atoms with E-state index in [2.05, 4.69) is 13.8 Å². The van der Waals surface area contributed by atoms with Crippen LogP contribution in [-0.4, -0.2) is 60.8 Å². The average molecular weight is 489 g/mol. The number of carbonyl (C=O) groups excluding carboxylic acids is 4. The zero-order chi connectivity index (χ0) is 26.0. The van der Waals surface area contributed by atoms with E-state index >= 15 is 0 Å². The monoisotopic (exact) mass is 488 g/mol. The Morgan fingerprint density at radius 1 is 1.23 bits per heavy atom. The van der Waals surface area contributed by atoms with E-state index in [1.54, 1.807) is 7.11 Å². The maximum absolute atomic E-state index is 13.6. The van der Waals surface area contributed by atoms with E-state index in [0.717, 1.165) is 25.7 Å². The van der Waals surface area contributed by atoms with E-state index in [0.29, 0.717) is 42.6 Å². The van der Waals surface area contributed by atoms with E-state index in [4.69, 9.17) is 19.1 Å². The first-order valence-electron chi connectivity index (χ1n) is 12.7. The first kappa shape index (κ1) is 28.5. The highest BCUT2D eigenvalue weighted by Crippen LogP contribution is 2.40. The molecule has 1 aromatic carbocycles. The van der Waals surface area contributed by atoms with Crippen LogP contribution in [-0.2, 0) is 19.1 Å². The van der Waals surface area contributed by atoms with Gasteiger partial charge in [0.25, 0.3) is 11.8 Å². The Kier molecular flexibility index (Phi) is 10.9. The molecule has 0 aromatic heterocycles. The summed E-state index contributed by atoms with van der Waals surface area (Å²) in [7, 11) is 1.69. The molecule has 1 aliphatic heterocycles. The number of amides is 2. The first-order chi connectivity index (χ1) is 16.7. The van der Waals surface area contributed by atoms with Gasteiger partial charge in [0.15, 0.2) is 5.60 Å². The molecule has 35 heavy (non-hydrogen) atoms. The van der Waals surface area contributed by atoms with Gasteiger partial charge < -0.3 is 19.3 Å². The van der Waals surface area contributed by atoms with Crippen LogP contribution in [0.2, 0.25) is 0 Å². The van der Waals surface area contributed by atoms with Crippen molar-refractivity contribution in [3.63, 3.8) is 0 Å². The molecule has 1 saturated carbocycles. The molecular weight excluding hydrogens is 448 g/mol. The summed E-state index contributed by atoms with van der Waals surface area (Å²) in [4.78, 5) is 47.1. The number of hydrogen-bond donors (Lipinski definition) is 0. The van der Waals surface area contributed by atoms with Crippen LogP contribution in [0.3, 0.4) is 0 Å². The minimum Gasteiger partial charge on any atom is -0.476 e. The lowest BCUT2D eigenvalue weighted by atomic mass is 9.92. The molecule has 8 heteroatoms. The van der Waals surface area contributed by atoms with Gasteiger partial charge in [0.2, 0.25) is 0 Å². The summed E-state index contributed by atoms with van der Waals surface area (Å²) in [6.07, 6.45) is 8.29. The number of methoxy groups -OCH3 is 1. The molecule has 0 N–H and O–H groups in total. The van der Waals surface area contributed by atoms with Gasteiger partial charge in [-0.3, -0.25) is 9.59 Å². The van der Waals surface area contributed by atoms with Crippen LogP contribution in [0.15, 0.2) is 18.2 Å². The van der Waals surface area contributed by atoms with Crippen LogP contribution >= 0.6 is 0 Å². The van der Waals surface area contributed by atoms with Crippen molar-refractivity contribution in [1.29, 1.82) is 0 Å². The molecule has 194 valence electrons. The van der Waals surface area contributed by atoms with Gasteiger partial charge in [-0.1, -0.05) is 26.2 Å². The molecule has 1 unspecified atom stereocenters. The van der Waals surface area contributed by atoms with Crippen LogP contribution in [0.1, 0.15) is 89.4 Å². The van der Waals surface area contributed by atoms with Crippen molar-refractivity contribution in [3.05, 3.63) is 23.8 Å². The predicted octanol–water partition coefficient (Wildman–Crippen LogP) is 4.61. The largest absolute Gasteiger partial charge is 0.476 e. The molecule has 1 fully saturated rings. The second-order valence-corrected chi connectivity index (χ2v) is 9.71. The van der Waals surface area contributed by atoms with Gasteiger partial charge in [-0.25, -0.2) is 0 Å². The number of nitrogens with zero attached hydrogens (tertiary/aromatic N) is 2. The Hall–Kier alpha value is -2.70. The molecule has 1 heterocycles. The van der Waals surface area contributed by atoms with Gasteiger partial charge in [0.1, 0.15) is 5.75 Å². The zero-order valence-corrected chi connectivity index (χ0v) is 21.8. The zero-order valence-electron chi connectivity index (χ0n) is 21.8. The summed E-state index contributed by atoms with van der Waals surface area (Å²) in [6.45, 7) is 9.25. The van der Waals surface area contributed by atoms with Crippen LogP contribution in [0.5, 0.6) is 5.75 Å². The smallest absolute Gasteiger partial charge is 0.373 e. The number of unbranched alkanes of at least 4 members (excludes halogenated alkanes) is 1. The van der Waals surface area contributed by atoms with Crippen LogP contribution < -0.4 is 9.64 Å². The van der Waals surface area contributed by atoms with E-state index < -0.39 is 5.60 Å². The summed E-state index contributed by atoms with van der Waals surface area (Å²) in [5.74, 6) is 0.679. The van der Waals surface area contributed by atoms with E-state index in [1.807, 2.05) is 41.8 Å². The molecule has 0 radical (unpaired) electrons. The fraction of sp³-hybridized carbons (Fsp3) is 0.667. The van der Waals surface area contributed by atoms with Crippen molar-refractivity contribution in [2.45, 2.75) is 96.7 Å². The van der Waals surface area contributed by atoms with E-state index in [9.17, 15) is 9.59 Å². The lowest BCUT2D eigenvalue weighted by Gasteiger charge is -2.41. The van der Waals surface area contributed by atoms with E-state index in [-0.39, 0.29) is 24.0 Å². The topological polar surface area (TPSA) is 93.2 Å². The maximum atomic E-state index is 13.6. The van der Waals surface area contributed by atoms with Crippen LogP contribution in [0, 0.1) is 0 Å². The lowest BCUT2D eigenvalue weighted by Crippen LogP contribution is -2.54. The van der Waals surface area contributed by atoms with Crippen molar-refractivity contribution in [2.24, 2.45) is 0 Å². The molecule has 0 spiro atoms. The maximum Gasteiger partial charge on any atom is 0.373 e. The quantitative estimate of drug-likeness (QED) is 0.472. The average Bonchev–Trinajstić information content (AvgIpc) is 2.84. The molecule has 0 saturated heterocycles. The molecule has 2 amide bonds. The van der Waals surface area contributed by atoms with Gasteiger partial charge in [-0.2, -0.15) is 9.59 Å². The van der Waals surface area contributed by atoms with Crippen molar-refractivity contribution in [3.8, 4) is 5.75 Å². The number of rotatable bonds is 9. The highest BCUT2D eigenvalue weighted by molar-refractivity contribution is 6.04. The van der Waals surface area contributed by atoms with Gasteiger partial charge in [0.05, 0.1) is 5.69 Å². The summed E-state index contributed by atoms with van der Waals surface area (Å²) >= 11 is 0. The number of hydrogen-bond acceptors (Lipinski definition) is 6. The summed E-state index contributed by atoms with van der Waals surface area (Å²) < 4.78 is 11.3. The molecule has 1 aliphatic carbocycles. The third-order valence-corrected chi connectivity index (χ3v) is 6.94. The Morgan fingerprint density at radius 2 is 1.89 bits per heavy atom. The number of anilines is 1. The SMILES string of the molecule is CCC1(C)Oc2ccc(C(=O)N(C(C)C)C3CCCCC3)cc2N(CCCCOC)C1=O.O=C=O. The summed E-state index contributed by atoms with van der Waals surface area (Å²) in [6, 6.07) is 6.00. The molecule has 1 atom stereocenters. The third-order valence-electron chi connectivity index (χ3n) is 6.94. The summed E-state index contributed by atoms with van der Waals surface area (Å²) in [5, 5.41) is 0. The lowest BCUT2D eigenvalue weighted by molar-refractivity contribution is -0.191. The van der Waals surface area contributed by atoms with Gasteiger partial charge in [-0.15, -0.1) is 0 Å². The minimum absolute atomic E-state index is 0.0393. The predicted molar refractivity (Wildman–Crippen MR) is 132 cm³/mol. The number of benzene rings is 1. The second kappa shape index (κ2) is 13.4. The van der Waals surface area contributed by atoms with Crippen molar-refractivity contribution in [1.82, 2.24) is 4.90 Å². The number of carbonyl (C=O) groups is 2. The fourth-order valence-electron chi connectivity index (χ4n) is 4.92. The van der Waals surface area contributed by atoms with E-state index in [1.165, 1.54) is 19.3 Å². The highest BCUT2D eigenvalue weighted by atomic mass is 16.5. The Bertz CT molecular complexity index is 890. The van der Waals surface area contributed by atoms with Crippen molar-refractivity contribution >= 4 is 23.7 Å². The highest BCUT2D eigenvalue weighted by Gasteiger charge is 2.43. The standard InChI is InChI=1S/C26H40N2O4.CO2/c1-6-26(4)25(30)27(16-10-11-17-31-5)22-18-20(14-15-23(22)32-26)24(29)28(19(2)3)21-12-8-7-9-13-21;2-1-3/h14-15,18-19,21H,6-13,16-17H2,1-5H3;. The van der Waals surface area contributed by atoms with Gasteiger partial charge >= 0.3 is 6.15 Å². The van der Waals surface area contributed by atoms with Crippen LogP contribution in [0.25, 0.3) is 0 Å². The molecule has 2 aliphatic rings. The van der Waals surface area contributed by atoms with Crippen molar-refractivity contribution < 1.29 is 28.7 Å². The second-order valence-electron chi connectivity index (χ2n) is 9.71. The van der Waals surface area contributed by atoms with Gasteiger partial charge in [-0.05, 0) is 71.1 Å². The van der Waals surface area contributed by atoms with Gasteiger partial charge in [0, 0.05) is 37.9 Å². The Labute approximate surface area is 208 Å². The van der Waals surface area contributed by atoms with Crippen molar-refractivity contribution in [2.75, 3.05) is 25.2 Å². The number of ether oxygens (including phenoxy) is 2. The number of fused-ring (bicyclic) bond motifs is 1. The fourth-order valence-corrected chi connectivity index (χ4v) is 4.92. The molecule has 3 rings (SSSR count). The molecule has 1 aromatic rings.